The van der Waals surface area contributed by atoms with Gasteiger partial charge < -0.3 is 19.9 Å². The van der Waals surface area contributed by atoms with E-state index >= 15 is 0 Å². The van der Waals surface area contributed by atoms with Crippen molar-refractivity contribution >= 4 is 17.7 Å². The Labute approximate surface area is 178 Å². The highest BCUT2D eigenvalue weighted by Crippen LogP contribution is 2.34. The second kappa shape index (κ2) is 10.6. The summed E-state index contributed by atoms with van der Waals surface area (Å²) in [6.07, 6.45) is 3.82. The number of likely N-dealkylation sites (tertiary alicyclic amines) is 2. The quantitative estimate of drug-likeness (QED) is 0.659. The first kappa shape index (κ1) is 22.3. The smallest absolute Gasteiger partial charge is 0.249 e. The van der Waals surface area contributed by atoms with Crippen LogP contribution in [0.2, 0.25) is 0 Å². The lowest BCUT2D eigenvalue weighted by Gasteiger charge is -2.39. The first-order chi connectivity index (χ1) is 14.5. The molecule has 1 N–H and O–H groups in total. The molecule has 0 radical (unpaired) electrons. The topological polar surface area (TPSA) is 79.0 Å². The van der Waals surface area contributed by atoms with E-state index in [1.807, 2.05) is 30.0 Å². The summed E-state index contributed by atoms with van der Waals surface area (Å²) in [4.78, 5) is 40.8. The molecule has 164 valence electrons. The third kappa shape index (κ3) is 5.59. The van der Waals surface area contributed by atoms with Crippen LogP contribution in [0.15, 0.2) is 24.3 Å². The highest BCUT2D eigenvalue weighted by atomic mass is 16.5. The molecule has 3 rings (SSSR count). The molecule has 2 heterocycles. The highest BCUT2D eigenvalue weighted by Gasteiger charge is 2.35. The Balaban J connectivity index is 1.55. The molecule has 2 unspecified atom stereocenters. The highest BCUT2D eigenvalue weighted by molar-refractivity contribution is 5.82. The van der Waals surface area contributed by atoms with Gasteiger partial charge in [0, 0.05) is 39.7 Å². The molecule has 3 amide bonds. The van der Waals surface area contributed by atoms with Crippen LogP contribution >= 0.6 is 0 Å². The molecule has 0 aliphatic carbocycles. The number of nitrogens with one attached hydrogen (secondary N) is 1. The van der Waals surface area contributed by atoms with E-state index in [0.29, 0.717) is 26.1 Å². The van der Waals surface area contributed by atoms with Gasteiger partial charge in [-0.15, -0.1) is 0 Å². The van der Waals surface area contributed by atoms with Crippen molar-refractivity contribution in [2.45, 2.75) is 45.1 Å². The van der Waals surface area contributed by atoms with Crippen molar-refractivity contribution in [1.29, 1.82) is 0 Å². The van der Waals surface area contributed by atoms with Gasteiger partial charge >= 0.3 is 0 Å². The largest absolute Gasteiger partial charge is 0.375 e. The van der Waals surface area contributed by atoms with Crippen molar-refractivity contribution in [2.24, 2.45) is 5.92 Å². The number of ether oxygens (including phenoxy) is 1. The molecule has 7 nitrogen and oxygen atoms in total. The number of rotatable bonds is 8. The lowest BCUT2D eigenvalue weighted by Crippen LogP contribution is -2.48. The summed E-state index contributed by atoms with van der Waals surface area (Å²) in [5.74, 6) is -0.113. The molecule has 1 aromatic rings. The normalized spacial score (nSPS) is 21.7. The van der Waals surface area contributed by atoms with Crippen molar-refractivity contribution < 1.29 is 19.1 Å². The number of amides is 3. The maximum atomic E-state index is 12.7. The maximum Gasteiger partial charge on any atom is 0.249 e. The SMILES string of the molecule is COCC(=O)N1CC(C(=O)NCCCN2CCCC2=O)CCC1c1cccc(C)c1. The number of hydrogen-bond acceptors (Lipinski definition) is 4. The average Bonchev–Trinajstić information content (AvgIpc) is 3.15. The van der Waals surface area contributed by atoms with E-state index < -0.39 is 0 Å². The molecule has 2 aliphatic heterocycles. The van der Waals surface area contributed by atoms with Crippen LogP contribution in [0.3, 0.4) is 0 Å². The van der Waals surface area contributed by atoms with Crippen LogP contribution < -0.4 is 5.32 Å². The Hall–Kier alpha value is -2.41. The van der Waals surface area contributed by atoms with Crippen LogP contribution in [-0.2, 0) is 19.1 Å². The second-order valence-electron chi connectivity index (χ2n) is 8.31. The summed E-state index contributed by atoms with van der Waals surface area (Å²) in [7, 11) is 1.51. The molecule has 2 fully saturated rings. The van der Waals surface area contributed by atoms with Crippen molar-refractivity contribution in [3.05, 3.63) is 35.4 Å². The predicted molar refractivity (Wildman–Crippen MR) is 114 cm³/mol. The molecule has 30 heavy (non-hydrogen) atoms. The Morgan fingerprint density at radius 1 is 1.27 bits per heavy atom. The van der Waals surface area contributed by atoms with Crippen LogP contribution in [-0.4, -0.2) is 67.4 Å². The standard InChI is InChI=1S/C23H33N3O4/c1-17-6-3-7-18(14-17)20-10-9-19(15-26(20)22(28)16-30-2)23(29)24-11-5-13-25-12-4-8-21(25)27/h3,6-7,14,19-20H,4-5,8-13,15-16H2,1-2H3,(H,24,29). The third-order valence-corrected chi connectivity index (χ3v) is 6.04. The number of nitrogens with zero attached hydrogens (tertiary/aromatic N) is 2. The molecular formula is C23H33N3O4. The zero-order valence-electron chi connectivity index (χ0n) is 18.1. The second-order valence-corrected chi connectivity index (χ2v) is 8.31. The van der Waals surface area contributed by atoms with E-state index in [9.17, 15) is 14.4 Å². The van der Waals surface area contributed by atoms with Crippen LogP contribution in [0.25, 0.3) is 0 Å². The molecule has 1 aromatic carbocycles. The summed E-state index contributed by atoms with van der Waals surface area (Å²) in [6, 6.07) is 8.17. The molecule has 0 bridgehead atoms. The van der Waals surface area contributed by atoms with E-state index in [-0.39, 0.29) is 36.3 Å². The monoisotopic (exact) mass is 415 g/mol. The van der Waals surface area contributed by atoms with Crippen molar-refractivity contribution in [3.8, 4) is 0 Å². The summed E-state index contributed by atoms with van der Waals surface area (Å²) in [6.45, 7) is 4.52. The number of benzene rings is 1. The van der Waals surface area contributed by atoms with Gasteiger partial charge in [0.2, 0.25) is 17.7 Å². The fourth-order valence-corrected chi connectivity index (χ4v) is 4.46. The Kier molecular flexibility index (Phi) is 7.85. The lowest BCUT2D eigenvalue weighted by molar-refractivity contribution is -0.142. The van der Waals surface area contributed by atoms with Gasteiger partial charge in [-0.05, 0) is 38.2 Å². The fraction of sp³-hybridized carbons (Fsp3) is 0.609. The van der Waals surface area contributed by atoms with Gasteiger partial charge in [0.15, 0.2) is 0 Å². The molecule has 0 spiro atoms. The van der Waals surface area contributed by atoms with Crippen molar-refractivity contribution in [2.75, 3.05) is 39.9 Å². The van der Waals surface area contributed by atoms with Crippen molar-refractivity contribution in [3.63, 3.8) is 0 Å². The van der Waals surface area contributed by atoms with Crippen LogP contribution in [0, 0.1) is 12.8 Å². The first-order valence-corrected chi connectivity index (χ1v) is 10.9. The van der Waals surface area contributed by atoms with Crippen molar-refractivity contribution in [1.82, 2.24) is 15.1 Å². The third-order valence-electron chi connectivity index (χ3n) is 6.04. The first-order valence-electron chi connectivity index (χ1n) is 10.9. The van der Waals surface area contributed by atoms with E-state index in [0.717, 1.165) is 43.4 Å². The molecule has 0 aromatic heterocycles. The summed E-state index contributed by atoms with van der Waals surface area (Å²) in [5, 5.41) is 3.00. The lowest BCUT2D eigenvalue weighted by atomic mass is 9.88. The number of carbonyl (C=O) groups excluding carboxylic acids is 3. The van der Waals surface area contributed by atoms with E-state index in [4.69, 9.17) is 4.74 Å². The van der Waals surface area contributed by atoms with E-state index in [2.05, 4.69) is 11.4 Å². The van der Waals surface area contributed by atoms with Gasteiger partial charge in [-0.1, -0.05) is 29.8 Å². The van der Waals surface area contributed by atoms with Gasteiger partial charge in [0.05, 0.1) is 12.0 Å². The minimum atomic E-state index is -0.222. The zero-order valence-corrected chi connectivity index (χ0v) is 18.1. The van der Waals surface area contributed by atoms with Gasteiger partial charge in [0.25, 0.3) is 0 Å². The predicted octanol–water partition coefficient (Wildman–Crippen LogP) is 2.05. The maximum absolute atomic E-state index is 12.7. The van der Waals surface area contributed by atoms with Crippen LogP contribution in [0.4, 0.5) is 0 Å². The van der Waals surface area contributed by atoms with E-state index in [1.54, 1.807) is 4.90 Å². The number of carbonyl (C=O) groups is 3. The Bertz CT molecular complexity index is 767. The molecule has 2 saturated heterocycles. The fourth-order valence-electron chi connectivity index (χ4n) is 4.46. The summed E-state index contributed by atoms with van der Waals surface area (Å²) < 4.78 is 5.07. The number of methoxy groups -OCH3 is 1. The average molecular weight is 416 g/mol. The minimum Gasteiger partial charge on any atom is -0.375 e. The number of piperidine rings is 1. The summed E-state index contributed by atoms with van der Waals surface area (Å²) in [5.41, 5.74) is 2.26. The van der Waals surface area contributed by atoms with Gasteiger partial charge in [-0.2, -0.15) is 0 Å². The van der Waals surface area contributed by atoms with Gasteiger partial charge in [-0.25, -0.2) is 0 Å². The van der Waals surface area contributed by atoms with E-state index in [1.165, 1.54) is 7.11 Å². The summed E-state index contributed by atoms with van der Waals surface area (Å²) >= 11 is 0. The molecule has 2 atom stereocenters. The number of aryl methyl sites for hydroxylation is 1. The van der Waals surface area contributed by atoms with Crippen LogP contribution in [0.1, 0.15) is 49.3 Å². The van der Waals surface area contributed by atoms with Gasteiger partial charge in [0.1, 0.15) is 6.61 Å². The molecule has 0 saturated carbocycles. The Morgan fingerprint density at radius 2 is 2.10 bits per heavy atom. The minimum absolute atomic E-state index is 0.0133. The zero-order chi connectivity index (χ0) is 21.5. The number of hydrogen-bond donors (Lipinski definition) is 1. The molecular weight excluding hydrogens is 382 g/mol. The molecule has 7 heteroatoms. The molecule has 2 aliphatic rings. The Morgan fingerprint density at radius 3 is 2.80 bits per heavy atom. The van der Waals surface area contributed by atoms with Gasteiger partial charge in [-0.3, -0.25) is 14.4 Å². The van der Waals surface area contributed by atoms with Crippen LogP contribution in [0.5, 0.6) is 0 Å².